The van der Waals surface area contributed by atoms with Crippen molar-refractivity contribution in [2.24, 2.45) is 5.92 Å². The molecule has 9 heteroatoms. The number of nitrogens with zero attached hydrogens (tertiary/aromatic N) is 2. The zero-order valence-corrected chi connectivity index (χ0v) is 22.1. The Bertz CT molecular complexity index is 1440. The zero-order valence-electron chi connectivity index (χ0n) is 21.3. The molecule has 38 heavy (non-hydrogen) atoms. The molecule has 2 aliphatic heterocycles. The van der Waals surface area contributed by atoms with Crippen molar-refractivity contribution in [3.63, 3.8) is 0 Å². The second kappa shape index (κ2) is 10.6. The smallest absolute Gasteiger partial charge is 0.237 e. The van der Waals surface area contributed by atoms with Gasteiger partial charge in [0.05, 0.1) is 36.6 Å². The number of benzene rings is 2. The first kappa shape index (κ1) is 25.2. The van der Waals surface area contributed by atoms with E-state index in [4.69, 9.17) is 14.2 Å². The van der Waals surface area contributed by atoms with Crippen LogP contribution in [0.4, 0.5) is 5.69 Å². The minimum Gasteiger partial charge on any atom is -0.490 e. The maximum Gasteiger partial charge on any atom is 0.237 e. The molecule has 2 aromatic carbocycles. The summed E-state index contributed by atoms with van der Waals surface area (Å²) >= 11 is 0. The number of nitriles is 1. The third-order valence-electron chi connectivity index (χ3n) is 7.75. The van der Waals surface area contributed by atoms with Crippen molar-refractivity contribution in [2.75, 3.05) is 31.1 Å². The predicted molar refractivity (Wildman–Crippen MR) is 145 cm³/mol. The zero-order chi connectivity index (χ0) is 26.1. The largest absolute Gasteiger partial charge is 0.490 e. The third-order valence-corrected chi connectivity index (χ3v) is 9.02. The molecule has 6 rings (SSSR count). The van der Waals surface area contributed by atoms with Crippen LogP contribution in [-0.4, -0.2) is 45.5 Å². The topological polar surface area (TPSA) is 103 Å². The quantitative estimate of drug-likeness (QED) is 0.415. The van der Waals surface area contributed by atoms with Gasteiger partial charge in [-0.2, -0.15) is 5.26 Å². The number of fused-ring (bicyclic) bond motifs is 1. The van der Waals surface area contributed by atoms with Gasteiger partial charge in [0, 0.05) is 48.5 Å². The molecule has 0 unspecified atom stereocenters. The predicted octanol–water partition coefficient (Wildman–Crippen LogP) is 5.40. The first-order valence-electron chi connectivity index (χ1n) is 13.4. The number of sulfonamides is 1. The summed E-state index contributed by atoms with van der Waals surface area (Å²) in [4.78, 5) is 0. The minimum absolute atomic E-state index is 0.0940. The maximum absolute atomic E-state index is 12.6. The van der Waals surface area contributed by atoms with E-state index in [9.17, 15) is 13.7 Å². The number of hydrogen-bond donors (Lipinski definition) is 1. The highest BCUT2D eigenvalue weighted by atomic mass is 32.2. The van der Waals surface area contributed by atoms with Gasteiger partial charge in [-0.1, -0.05) is 12.1 Å². The number of rotatable bonds is 8. The third kappa shape index (κ3) is 5.13. The highest BCUT2D eigenvalue weighted by Crippen LogP contribution is 2.43. The molecule has 3 fully saturated rings. The van der Waals surface area contributed by atoms with Crippen LogP contribution >= 0.6 is 0 Å². The Morgan fingerprint density at radius 2 is 1.76 bits per heavy atom. The SMILES string of the molecule is N#Cc1c(-c2ccc(NS(=O)(=O)[CH][C@@H]3CCOC3)cc2)n(C2CCC2)c2cc(OC3CCOCC3)ccc12. The Morgan fingerprint density at radius 1 is 1.00 bits per heavy atom. The van der Waals surface area contributed by atoms with Gasteiger partial charge in [0.15, 0.2) is 0 Å². The Kier molecular flexibility index (Phi) is 7.04. The highest BCUT2D eigenvalue weighted by Gasteiger charge is 2.29. The van der Waals surface area contributed by atoms with Gasteiger partial charge < -0.3 is 18.8 Å². The maximum atomic E-state index is 12.6. The van der Waals surface area contributed by atoms with Crippen LogP contribution in [-0.2, 0) is 19.5 Å². The Balaban J connectivity index is 1.32. The summed E-state index contributed by atoms with van der Waals surface area (Å²) in [7, 11) is -3.60. The van der Waals surface area contributed by atoms with E-state index in [0.29, 0.717) is 50.1 Å². The van der Waals surface area contributed by atoms with Crippen molar-refractivity contribution in [1.29, 1.82) is 5.26 Å². The van der Waals surface area contributed by atoms with Gasteiger partial charge in [0.1, 0.15) is 23.7 Å². The lowest BCUT2D eigenvalue weighted by atomic mass is 9.92. The Morgan fingerprint density at radius 3 is 2.42 bits per heavy atom. The summed E-state index contributed by atoms with van der Waals surface area (Å²) in [5.74, 6) is 2.06. The molecule has 1 radical (unpaired) electrons. The van der Waals surface area contributed by atoms with Crippen LogP contribution in [0, 0.1) is 23.0 Å². The van der Waals surface area contributed by atoms with Gasteiger partial charge in [-0.05, 0) is 55.5 Å². The first-order chi connectivity index (χ1) is 18.5. The van der Waals surface area contributed by atoms with Crippen molar-refractivity contribution in [2.45, 2.75) is 50.7 Å². The fourth-order valence-electron chi connectivity index (χ4n) is 5.58. The van der Waals surface area contributed by atoms with Crippen LogP contribution < -0.4 is 9.46 Å². The molecule has 1 aromatic heterocycles. The Labute approximate surface area is 223 Å². The summed E-state index contributed by atoms with van der Waals surface area (Å²) in [6.07, 6.45) is 5.88. The van der Waals surface area contributed by atoms with Crippen molar-refractivity contribution in [1.82, 2.24) is 4.57 Å². The normalized spacial score (nSPS) is 20.8. The van der Waals surface area contributed by atoms with E-state index in [0.717, 1.165) is 60.0 Å². The van der Waals surface area contributed by atoms with Crippen LogP contribution in [0.5, 0.6) is 5.75 Å². The highest BCUT2D eigenvalue weighted by molar-refractivity contribution is 7.94. The molecule has 199 valence electrons. The molecule has 3 heterocycles. The molecule has 0 bridgehead atoms. The minimum atomic E-state index is -3.60. The molecule has 3 aromatic rings. The van der Waals surface area contributed by atoms with E-state index in [1.807, 2.05) is 24.3 Å². The van der Waals surface area contributed by atoms with Gasteiger partial charge in [-0.25, -0.2) is 8.42 Å². The molecule has 1 aliphatic carbocycles. The molecule has 0 amide bonds. The average Bonchev–Trinajstić information content (AvgIpc) is 3.49. The lowest BCUT2D eigenvalue weighted by Crippen LogP contribution is -2.25. The average molecular weight is 535 g/mol. The molecule has 2 saturated heterocycles. The summed E-state index contributed by atoms with van der Waals surface area (Å²) in [6.45, 7) is 2.45. The molecule has 1 saturated carbocycles. The summed E-state index contributed by atoms with van der Waals surface area (Å²) in [5.41, 5.74) is 3.88. The van der Waals surface area contributed by atoms with Crippen molar-refractivity contribution < 1.29 is 22.6 Å². The fourth-order valence-corrected chi connectivity index (χ4v) is 6.83. The van der Waals surface area contributed by atoms with Crippen molar-refractivity contribution in [3.8, 4) is 23.1 Å². The monoisotopic (exact) mass is 534 g/mol. The van der Waals surface area contributed by atoms with Crippen LogP contribution in [0.15, 0.2) is 42.5 Å². The second-order valence-corrected chi connectivity index (χ2v) is 11.9. The summed E-state index contributed by atoms with van der Waals surface area (Å²) in [6, 6.07) is 16.1. The lowest BCUT2D eigenvalue weighted by molar-refractivity contribution is 0.0256. The standard InChI is InChI=1S/C29H32N3O5S/c30-17-27-26-9-8-25(37-24-11-14-35-15-12-24)16-28(26)32(23-2-1-3-23)29(27)21-4-6-22(7-5-21)31-38(33,34)19-20-10-13-36-18-20/h4-9,16,19-20,23-24,31H,1-3,10-15,18H2/t20-/m1/s1. The van der Waals surface area contributed by atoms with Gasteiger partial charge >= 0.3 is 0 Å². The lowest BCUT2D eigenvalue weighted by Gasteiger charge is -2.30. The van der Waals surface area contributed by atoms with Gasteiger partial charge in [0.2, 0.25) is 10.0 Å². The number of aromatic nitrogens is 1. The molecule has 0 spiro atoms. The van der Waals surface area contributed by atoms with E-state index in [1.165, 1.54) is 5.75 Å². The fraction of sp³-hybridized carbons (Fsp3) is 0.448. The van der Waals surface area contributed by atoms with E-state index in [2.05, 4.69) is 21.4 Å². The summed E-state index contributed by atoms with van der Waals surface area (Å²) < 4.78 is 47.2. The van der Waals surface area contributed by atoms with Crippen LogP contribution in [0.3, 0.4) is 0 Å². The number of hydrogen-bond acceptors (Lipinski definition) is 6. The van der Waals surface area contributed by atoms with E-state index in [-0.39, 0.29) is 12.0 Å². The van der Waals surface area contributed by atoms with Crippen molar-refractivity contribution in [3.05, 3.63) is 53.8 Å². The number of anilines is 1. The molecule has 8 nitrogen and oxygen atoms in total. The molecular formula is C29H32N3O5S. The number of nitrogens with one attached hydrogen (secondary N) is 1. The molecular weight excluding hydrogens is 502 g/mol. The second-order valence-electron chi connectivity index (χ2n) is 10.4. The molecule has 3 aliphatic rings. The Hall–Kier alpha value is -3.06. The first-order valence-corrected chi connectivity index (χ1v) is 14.9. The van der Waals surface area contributed by atoms with Gasteiger partial charge in [0.25, 0.3) is 0 Å². The van der Waals surface area contributed by atoms with Crippen LogP contribution in [0.1, 0.15) is 50.1 Å². The van der Waals surface area contributed by atoms with Crippen molar-refractivity contribution >= 4 is 26.6 Å². The van der Waals surface area contributed by atoms with Crippen LogP contribution in [0.2, 0.25) is 0 Å². The molecule has 1 atom stereocenters. The van der Waals surface area contributed by atoms with Crippen LogP contribution in [0.25, 0.3) is 22.2 Å². The number of ether oxygens (including phenoxy) is 3. The summed E-state index contributed by atoms with van der Waals surface area (Å²) in [5, 5.41) is 11.1. The van der Waals surface area contributed by atoms with Gasteiger partial charge in [-0.15, -0.1) is 0 Å². The van der Waals surface area contributed by atoms with E-state index < -0.39 is 10.0 Å². The molecule has 1 N–H and O–H groups in total. The van der Waals surface area contributed by atoms with Gasteiger partial charge in [-0.3, -0.25) is 4.72 Å². The van der Waals surface area contributed by atoms with E-state index in [1.54, 1.807) is 12.1 Å². The van der Waals surface area contributed by atoms with E-state index >= 15 is 0 Å².